The molecule has 2 fully saturated rings. The third kappa shape index (κ3) is 4.32. The Morgan fingerprint density at radius 1 is 1.46 bits per heavy atom. The molecule has 2 aliphatic rings. The Hall–Kier alpha value is -1.50. The van der Waals surface area contributed by atoms with Gasteiger partial charge < -0.3 is 14.4 Å². The third-order valence-corrected chi connectivity index (χ3v) is 4.94. The quantitative estimate of drug-likeness (QED) is 0.782. The smallest absolute Gasteiger partial charge is 0.248 e. The molecular weight excluding hydrogens is 306 g/mol. The van der Waals surface area contributed by atoms with Crippen molar-refractivity contribution < 1.29 is 14.3 Å². The van der Waals surface area contributed by atoms with Crippen molar-refractivity contribution in [3.8, 4) is 0 Å². The SMILES string of the molecule is CN(C)C(=O)COC[C@@H]1C[C@@H]2OCCN(Cc3cccnc3)[C@H]2C1. The van der Waals surface area contributed by atoms with E-state index in [1.165, 1.54) is 5.56 Å². The molecule has 24 heavy (non-hydrogen) atoms. The highest BCUT2D eigenvalue weighted by Crippen LogP contribution is 2.35. The Labute approximate surface area is 143 Å². The number of pyridine rings is 1. The van der Waals surface area contributed by atoms with E-state index < -0.39 is 0 Å². The van der Waals surface area contributed by atoms with Crippen LogP contribution in [0.2, 0.25) is 0 Å². The molecule has 2 heterocycles. The summed E-state index contributed by atoms with van der Waals surface area (Å²) >= 11 is 0. The van der Waals surface area contributed by atoms with Crippen LogP contribution in [0.1, 0.15) is 18.4 Å². The number of aromatic nitrogens is 1. The number of carbonyl (C=O) groups is 1. The maximum atomic E-state index is 11.6. The van der Waals surface area contributed by atoms with E-state index in [-0.39, 0.29) is 18.6 Å². The monoisotopic (exact) mass is 333 g/mol. The first-order chi connectivity index (χ1) is 11.6. The number of hydrogen-bond donors (Lipinski definition) is 0. The molecule has 132 valence electrons. The van der Waals surface area contributed by atoms with Crippen LogP contribution in [-0.4, -0.2) is 73.3 Å². The van der Waals surface area contributed by atoms with Crippen molar-refractivity contribution >= 4 is 5.91 Å². The number of carbonyl (C=O) groups excluding carboxylic acids is 1. The van der Waals surface area contributed by atoms with E-state index in [0.717, 1.165) is 32.5 Å². The third-order valence-electron chi connectivity index (χ3n) is 4.94. The molecule has 1 aliphatic carbocycles. The molecule has 6 nitrogen and oxygen atoms in total. The number of nitrogens with zero attached hydrogens (tertiary/aromatic N) is 3. The molecule has 0 aromatic carbocycles. The van der Waals surface area contributed by atoms with E-state index in [4.69, 9.17) is 9.47 Å². The Balaban J connectivity index is 1.50. The first-order valence-electron chi connectivity index (χ1n) is 8.66. The molecule has 0 N–H and O–H groups in total. The van der Waals surface area contributed by atoms with Crippen LogP contribution in [0, 0.1) is 5.92 Å². The van der Waals surface area contributed by atoms with Gasteiger partial charge in [-0.2, -0.15) is 0 Å². The molecule has 1 aliphatic heterocycles. The minimum atomic E-state index is 0.0138. The molecular formula is C18H27N3O3. The Kier molecular flexibility index (Phi) is 5.81. The molecule has 1 saturated heterocycles. The summed E-state index contributed by atoms with van der Waals surface area (Å²) < 4.78 is 11.6. The number of amides is 1. The zero-order valence-corrected chi connectivity index (χ0v) is 14.6. The van der Waals surface area contributed by atoms with Gasteiger partial charge >= 0.3 is 0 Å². The fourth-order valence-corrected chi connectivity index (χ4v) is 3.63. The summed E-state index contributed by atoms with van der Waals surface area (Å²) in [5.41, 5.74) is 1.24. The van der Waals surface area contributed by atoms with Gasteiger partial charge in [-0.1, -0.05) is 6.07 Å². The number of fused-ring (bicyclic) bond motifs is 1. The Morgan fingerprint density at radius 2 is 2.33 bits per heavy atom. The molecule has 3 atom stereocenters. The standard InChI is InChI=1S/C18H27N3O3/c1-20(2)18(22)13-23-12-15-8-16-17(9-15)24-7-6-21(16)11-14-4-3-5-19-10-14/h3-5,10,15-17H,6-9,11-13H2,1-2H3/t15-,16-,17-/m0/s1. The highest BCUT2D eigenvalue weighted by atomic mass is 16.5. The van der Waals surface area contributed by atoms with Crippen LogP contribution in [0.5, 0.6) is 0 Å². The molecule has 0 unspecified atom stereocenters. The Bertz CT molecular complexity index is 538. The fourth-order valence-electron chi connectivity index (χ4n) is 3.63. The van der Waals surface area contributed by atoms with Crippen LogP contribution in [0.3, 0.4) is 0 Å². The van der Waals surface area contributed by atoms with Gasteiger partial charge in [-0.25, -0.2) is 0 Å². The summed E-state index contributed by atoms with van der Waals surface area (Å²) in [7, 11) is 3.50. The van der Waals surface area contributed by atoms with Crippen LogP contribution in [0.15, 0.2) is 24.5 Å². The van der Waals surface area contributed by atoms with Gasteiger partial charge in [0.2, 0.25) is 5.91 Å². The van der Waals surface area contributed by atoms with Gasteiger partial charge in [-0.3, -0.25) is 14.7 Å². The lowest BCUT2D eigenvalue weighted by atomic mass is 10.1. The van der Waals surface area contributed by atoms with E-state index in [1.807, 2.05) is 18.5 Å². The predicted molar refractivity (Wildman–Crippen MR) is 90.4 cm³/mol. The van der Waals surface area contributed by atoms with Crippen molar-refractivity contribution in [1.29, 1.82) is 0 Å². The summed E-state index contributed by atoms with van der Waals surface area (Å²) in [6, 6.07) is 4.55. The fraction of sp³-hybridized carbons (Fsp3) is 0.667. The molecule has 3 rings (SSSR count). The Morgan fingerprint density at radius 3 is 3.08 bits per heavy atom. The van der Waals surface area contributed by atoms with E-state index in [0.29, 0.717) is 18.6 Å². The van der Waals surface area contributed by atoms with E-state index in [2.05, 4.69) is 16.0 Å². The normalized spacial score (nSPS) is 27.0. The summed E-state index contributed by atoms with van der Waals surface area (Å²) in [6.45, 7) is 3.47. The topological polar surface area (TPSA) is 54.9 Å². The predicted octanol–water partition coefficient (Wildman–Crippen LogP) is 1.17. The number of ether oxygens (including phenoxy) is 2. The van der Waals surface area contributed by atoms with Gasteiger partial charge in [-0.15, -0.1) is 0 Å². The lowest BCUT2D eigenvalue weighted by Crippen LogP contribution is -2.47. The second-order valence-electron chi connectivity index (χ2n) is 6.95. The maximum absolute atomic E-state index is 11.6. The van der Waals surface area contributed by atoms with E-state index >= 15 is 0 Å². The molecule has 1 aromatic rings. The summed E-state index contributed by atoms with van der Waals surface area (Å²) in [5, 5.41) is 0. The van der Waals surface area contributed by atoms with Gasteiger partial charge in [0.25, 0.3) is 0 Å². The zero-order chi connectivity index (χ0) is 16.9. The van der Waals surface area contributed by atoms with Gasteiger partial charge in [0.15, 0.2) is 0 Å². The van der Waals surface area contributed by atoms with Gasteiger partial charge in [0, 0.05) is 45.6 Å². The molecule has 1 saturated carbocycles. The first kappa shape index (κ1) is 17.3. The van der Waals surface area contributed by atoms with Gasteiger partial charge in [0.1, 0.15) is 6.61 Å². The summed E-state index contributed by atoms with van der Waals surface area (Å²) in [6.07, 6.45) is 6.12. The molecule has 1 amide bonds. The lowest BCUT2D eigenvalue weighted by Gasteiger charge is -2.37. The summed E-state index contributed by atoms with van der Waals surface area (Å²) in [5.74, 6) is 0.476. The van der Waals surface area contributed by atoms with Crippen LogP contribution >= 0.6 is 0 Å². The van der Waals surface area contributed by atoms with Crippen LogP contribution in [0.4, 0.5) is 0 Å². The average molecular weight is 333 g/mol. The highest BCUT2D eigenvalue weighted by molar-refractivity contribution is 5.76. The molecule has 0 bridgehead atoms. The summed E-state index contributed by atoms with van der Waals surface area (Å²) in [4.78, 5) is 19.9. The number of morpholine rings is 1. The van der Waals surface area contributed by atoms with Crippen molar-refractivity contribution in [2.45, 2.75) is 31.5 Å². The molecule has 0 radical (unpaired) electrons. The molecule has 0 spiro atoms. The van der Waals surface area contributed by atoms with Crippen molar-refractivity contribution in [3.05, 3.63) is 30.1 Å². The maximum Gasteiger partial charge on any atom is 0.248 e. The van der Waals surface area contributed by atoms with Crippen molar-refractivity contribution in [2.24, 2.45) is 5.92 Å². The second kappa shape index (κ2) is 8.05. The van der Waals surface area contributed by atoms with E-state index in [9.17, 15) is 4.79 Å². The zero-order valence-electron chi connectivity index (χ0n) is 14.6. The van der Waals surface area contributed by atoms with Crippen LogP contribution < -0.4 is 0 Å². The van der Waals surface area contributed by atoms with E-state index in [1.54, 1.807) is 19.0 Å². The second-order valence-corrected chi connectivity index (χ2v) is 6.95. The minimum Gasteiger partial charge on any atom is -0.375 e. The largest absolute Gasteiger partial charge is 0.375 e. The molecule has 1 aromatic heterocycles. The first-order valence-corrected chi connectivity index (χ1v) is 8.66. The molecule has 6 heteroatoms. The van der Waals surface area contributed by atoms with Crippen molar-refractivity contribution in [2.75, 3.05) is 40.5 Å². The number of rotatable bonds is 6. The van der Waals surface area contributed by atoms with Gasteiger partial charge in [0.05, 0.1) is 19.3 Å². The van der Waals surface area contributed by atoms with Crippen LogP contribution in [0.25, 0.3) is 0 Å². The average Bonchev–Trinajstić information content (AvgIpc) is 2.99. The highest BCUT2D eigenvalue weighted by Gasteiger charge is 2.40. The van der Waals surface area contributed by atoms with Crippen LogP contribution in [-0.2, 0) is 20.8 Å². The minimum absolute atomic E-state index is 0.0138. The lowest BCUT2D eigenvalue weighted by molar-refractivity contribution is -0.134. The van der Waals surface area contributed by atoms with Gasteiger partial charge in [-0.05, 0) is 30.4 Å². The van der Waals surface area contributed by atoms with Crippen molar-refractivity contribution in [1.82, 2.24) is 14.8 Å². The number of hydrogen-bond acceptors (Lipinski definition) is 5. The number of likely N-dealkylation sites (N-methyl/N-ethyl adjacent to an activating group) is 1. The van der Waals surface area contributed by atoms with Crippen molar-refractivity contribution in [3.63, 3.8) is 0 Å².